The average Bonchev–Trinajstić information content (AvgIpc) is 3.35. The number of hydrogen-bond acceptors (Lipinski definition) is 2. The fraction of sp³-hybridized carbons (Fsp3) is 0.619. The first-order valence-electron chi connectivity index (χ1n) is 9.74. The van der Waals surface area contributed by atoms with Gasteiger partial charge in [-0.05, 0) is 48.3 Å². The van der Waals surface area contributed by atoms with Gasteiger partial charge in [0.15, 0.2) is 0 Å². The molecule has 1 aromatic rings. The molecule has 148 valence electrons. The van der Waals surface area contributed by atoms with Crippen molar-refractivity contribution in [1.29, 1.82) is 0 Å². The summed E-state index contributed by atoms with van der Waals surface area (Å²) in [5, 5.41) is 3.42. The zero-order chi connectivity index (χ0) is 19.9. The van der Waals surface area contributed by atoms with E-state index in [0.29, 0.717) is 35.9 Å². The van der Waals surface area contributed by atoms with Crippen LogP contribution < -0.4 is 5.32 Å². The van der Waals surface area contributed by atoms with Gasteiger partial charge in [-0.15, -0.1) is 0 Å². The quantitative estimate of drug-likeness (QED) is 0.821. The molecule has 1 N–H and O–H groups in total. The highest BCUT2D eigenvalue weighted by atomic mass is 35.5. The summed E-state index contributed by atoms with van der Waals surface area (Å²) in [4.78, 5) is 27.6. The van der Waals surface area contributed by atoms with Crippen LogP contribution in [-0.4, -0.2) is 35.3 Å². The van der Waals surface area contributed by atoms with Crippen LogP contribution in [0.15, 0.2) is 18.2 Å². The zero-order valence-electron chi connectivity index (χ0n) is 16.3. The first-order valence-corrected chi connectivity index (χ1v) is 10.1. The third-order valence-electron chi connectivity index (χ3n) is 5.65. The number of benzene rings is 1. The Morgan fingerprint density at radius 2 is 2.04 bits per heavy atom. The minimum absolute atomic E-state index is 0.0273. The van der Waals surface area contributed by atoms with E-state index in [1.807, 2.05) is 27.7 Å². The largest absolute Gasteiger partial charge is 0.350 e. The Balaban J connectivity index is 1.79. The Morgan fingerprint density at radius 1 is 1.33 bits per heavy atom. The van der Waals surface area contributed by atoms with Crippen molar-refractivity contribution in [2.75, 3.05) is 6.54 Å². The third kappa shape index (κ3) is 4.29. The van der Waals surface area contributed by atoms with Gasteiger partial charge in [0.2, 0.25) is 11.8 Å². The summed E-state index contributed by atoms with van der Waals surface area (Å²) in [7, 11) is 0. The summed E-state index contributed by atoms with van der Waals surface area (Å²) in [6.07, 6.45) is 1.26. The number of hydrogen-bond donors (Lipinski definition) is 1. The van der Waals surface area contributed by atoms with Gasteiger partial charge in [0.05, 0.1) is 0 Å². The van der Waals surface area contributed by atoms with Gasteiger partial charge in [-0.1, -0.05) is 45.4 Å². The molecule has 0 spiro atoms. The number of amides is 2. The molecule has 0 bridgehead atoms. The smallest absolute Gasteiger partial charge is 0.243 e. The summed E-state index contributed by atoms with van der Waals surface area (Å²) in [6.45, 7) is 8.70. The number of carbonyl (C=O) groups is 2. The van der Waals surface area contributed by atoms with Gasteiger partial charge in [-0.2, -0.15) is 0 Å². The maximum Gasteiger partial charge on any atom is 0.243 e. The fourth-order valence-electron chi connectivity index (χ4n) is 3.93. The van der Waals surface area contributed by atoms with Crippen molar-refractivity contribution in [3.63, 3.8) is 0 Å². The second-order valence-electron chi connectivity index (χ2n) is 8.61. The maximum atomic E-state index is 14.2. The lowest BCUT2D eigenvalue weighted by Crippen LogP contribution is -2.63. The van der Waals surface area contributed by atoms with Crippen molar-refractivity contribution in [2.45, 2.75) is 58.5 Å². The number of nitrogens with zero attached hydrogens (tertiary/aromatic N) is 1. The van der Waals surface area contributed by atoms with Gasteiger partial charge in [0.25, 0.3) is 0 Å². The topological polar surface area (TPSA) is 49.4 Å². The predicted octanol–water partition coefficient (Wildman–Crippen LogP) is 3.98. The van der Waals surface area contributed by atoms with E-state index in [1.165, 1.54) is 6.07 Å². The first kappa shape index (κ1) is 20.1. The summed E-state index contributed by atoms with van der Waals surface area (Å²) < 4.78 is 14.2. The molecule has 2 amide bonds. The molecule has 4 nitrogen and oxygen atoms in total. The minimum atomic E-state index is -0.441. The van der Waals surface area contributed by atoms with Crippen molar-refractivity contribution in [3.05, 3.63) is 34.6 Å². The van der Waals surface area contributed by atoms with Gasteiger partial charge < -0.3 is 10.2 Å². The van der Waals surface area contributed by atoms with Crippen LogP contribution in [0.2, 0.25) is 5.02 Å². The molecule has 1 saturated carbocycles. The SMILES string of the molecule is CC(C)C[C@H]1C(=O)N[C@@H](C(C)C)CN1C(=O)[C@@H]1C[C@H]1c1ccc(Cl)cc1F. The molecule has 6 heteroatoms. The van der Waals surface area contributed by atoms with Crippen molar-refractivity contribution in [3.8, 4) is 0 Å². The van der Waals surface area contributed by atoms with Crippen molar-refractivity contribution in [1.82, 2.24) is 10.2 Å². The number of halogens is 2. The molecule has 3 rings (SSSR count). The highest BCUT2D eigenvalue weighted by Crippen LogP contribution is 2.50. The minimum Gasteiger partial charge on any atom is -0.350 e. The van der Waals surface area contributed by atoms with Crippen molar-refractivity contribution < 1.29 is 14.0 Å². The Morgan fingerprint density at radius 3 is 2.63 bits per heavy atom. The van der Waals surface area contributed by atoms with E-state index in [9.17, 15) is 14.0 Å². The molecule has 2 fully saturated rings. The van der Waals surface area contributed by atoms with E-state index >= 15 is 0 Å². The Hall–Kier alpha value is -1.62. The summed E-state index contributed by atoms with van der Waals surface area (Å²) in [6, 6.07) is 4.13. The molecule has 0 aromatic heterocycles. The molecular weight excluding hydrogens is 367 g/mol. The lowest BCUT2D eigenvalue weighted by Gasteiger charge is -2.41. The van der Waals surface area contributed by atoms with Crippen LogP contribution >= 0.6 is 11.6 Å². The first-order chi connectivity index (χ1) is 12.7. The van der Waals surface area contributed by atoms with Gasteiger partial charge in [-0.3, -0.25) is 9.59 Å². The van der Waals surface area contributed by atoms with Crippen molar-refractivity contribution in [2.24, 2.45) is 17.8 Å². The molecule has 1 aromatic carbocycles. The molecule has 2 aliphatic rings. The van der Waals surface area contributed by atoms with E-state index in [-0.39, 0.29) is 41.4 Å². The molecule has 0 unspecified atom stereocenters. The molecule has 27 heavy (non-hydrogen) atoms. The second-order valence-corrected chi connectivity index (χ2v) is 9.05. The molecule has 1 saturated heterocycles. The van der Waals surface area contributed by atoms with E-state index < -0.39 is 6.04 Å². The third-order valence-corrected chi connectivity index (χ3v) is 5.89. The highest BCUT2D eigenvalue weighted by Gasteiger charge is 2.50. The maximum absolute atomic E-state index is 14.2. The second kappa shape index (κ2) is 7.78. The summed E-state index contributed by atoms with van der Waals surface area (Å²) >= 11 is 5.83. The summed E-state index contributed by atoms with van der Waals surface area (Å²) in [5.41, 5.74) is 0.542. The van der Waals surface area contributed by atoms with Crippen LogP contribution in [0.25, 0.3) is 0 Å². The lowest BCUT2D eigenvalue weighted by molar-refractivity contribution is -0.147. The number of rotatable bonds is 5. The van der Waals surface area contributed by atoms with Crippen LogP contribution in [-0.2, 0) is 9.59 Å². The van der Waals surface area contributed by atoms with Crippen LogP contribution in [0.5, 0.6) is 0 Å². The normalized spacial score (nSPS) is 27.9. The molecule has 1 heterocycles. The molecule has 1 aliphatic carbocycles. The predicted molar refractivity (Wildman–Crippen MR) is 104 cm³/mol. The summed E-state index contributed by atoms with van der Waals surface area (Å²) in [5.74, 6) is -0.301. The number of carbonyl (C=O) groups excluding carboxylic acids is 2. The standard InChI is InChI=1S/C21H28ClFN2O2/c1-11(2)7-19-20(26)24-18(12(3)4)10-25(19)21(27)16-9-15(16)14-6-5-13(22)8-17(14)23/h5-6,8,11-12,15-16,18-19H,7,9-10H2,1-4H3,(H,24,26)/t15-,16+,18+,19-/m0/s1. The van der Waals surface area contributed by atoms with Crippen LogP contribution in [0.1, 0.15) is 52.0 Å². The van der Waals surface area contributed by atoms with Crippen LogP contribution in [0.3, 0.4) is 0 Å². The molecule has 0 radical (unpaired) electrons. The van der Waals surface area contributed by atoms with E-state index in [0.717, 1.165) is 0 Å². The van der Waals surface area contributed by atoms with Crippen molar-refractivity contribution >= 4 is 23.4 Å². The van der Waals surface area contributed by atoms with E-state index in [2.05, 4.69) is 5.32 Å². The molecular formula is C21H28ClFN2O2. The Bertz CT molecular complexity index is 737. The Labute approximate surface area is 165 Å². The van der Waals surface area contributed by atoms with E-state index in [1.54, 1.807) is 17.0 Å². The van der Waals surface area contributed by atoms with Gasteiger partial charge in [-0.25, -0.2) is 4.39 Å². The molecule has 4 atom stereocenters. The average molecular weight is 395 g/mol. The van der Waals surface area contributed by atoms with E-state index in [4.69, 9.17) is 11.6 Å². The zero-order valence-corrected chi connectivity index (χ0v) is 17.1. The van der Waals surface area contributed by atoms with Gasteiger partial charge in [0.1, 0.15) is 11.9 Å². The molecule has 1 aliphatic heterocycles. The number of nitrogens with one attached hydrogen (secondary N) is 1. The number of piperazine rings is 1. The monoisotopic (exact) mass is 394 g/mol. The van der Waals surface area contributed by atoms with Gasteiger partial charge in [0, 0.05) is 23.5 Å². The van der Waals surface area contributed by atoms with Crippen LogP contribution in [0, 0.1) is 23.6 Å². The Kier molecular flexibility index (Phi) is 5.80. The van der Waals surface area contributed by atoms with Crippen LogP contribution in [0.4, 0.5) is 4.39 Å². The lowest BCUT2D eigenvalue weighted by atomic mass is 9.93. The highest BCUT2D eigenvalue weighted by molar-refractivity contribution is 6.30. The fourth-order valence-corrected chi connectivity index (χ4v) is 4.09. The van der Waals surface area contributed by atoms with Gasteiger partial charge >= 0.3 is 0 Å².